The molecule has 4 aliphatic rings. The Morgan fingerprint density at radius 2 is 1.57 bits per heavy atom. The number of alkyl halides is 6. The van der Waals surface area contributed by atoms with Crippen LogP contribution >= 0.6 is 0 Å². The molecule has 6 nitrogen and oxygen atoms in total. The van der Waals surface area contributed by atoms with Gasteiger partial charge in [0.2, 0.25) is 11.8 Å². The molecule has 0 spiro atoms. The van der Waals surface area contributed by atoms with E-state index in [1.54, 1.807) is 0 Å². The van der Waals surface area contributed by atoms with Crippen molar-refractivity contribution < 1.29 is 40.7 Å². The van der Waals surface area contributed by atoms with Crippen molar-refractivity contribution in [1.82, 2.24) is 15.5 Å². The van der Waals surface area contributed by atoms with Crippen LogP contribution in [0.4, 0.5) is 26.3 Å². The molecule has 1 aliphatic carbocycles. The first-order chi connectivity index (χ1) is 18.8. The summed E-state index contributed by atoms with van der Waals surface area (Å²) < 4.78 is 80.6. The minimum atomic E-state index is -4.84. The lowest BCUT2D eigenvalue weighted by Crippen LogP contribution is -2.60. The summed E-state index contributed by atoms with van der Waals surface area (Å²) in [5.41, 5.74) is -0.889. The summed E-state index contributed by atoms with van der Waals surface area (Å²) in [7, 11) is 0. The van der Waals surface area contributed by atoms with Gasteiger partial charge in [-0.05, 0) is 80.1 Å². The molecule has 2 atom stereocenters. The van der Waals surface area contributed by atoms with Gasteiger partial charge in [0.15, 0.2) is 0 Å². The number of amides is 2. The first-order valence-corrected chi connectivity index (χ1v) is 13.2. The predicted molar refractivity (Wildman–Crippen MR) is 132 cm³/mol. The smallest absolute Gasteiger partial charge is 0.406 e. The second kappa shape index (κ2) is 10.6. The Balaban J connectivity index is 1.32. The molecule has 2 N–H and O–H groups in total. The Morgan fingerprint density at radius 3 is 2.08 bits per heavy atom. The standard InChI is InChI=1S/C28H29F6N3O3/c29-27(30,31)20-3-1-17(2-4-20)15-22(24(38)35-23-16-37-13-9-18(23)10-14-37)36-25(39)26(11-12-26)19-5-7-21(8-6-19)40-28(32,33)34/h1-8,18,22-23H,9-16H2,(H,35,38)(H,36,39)/t22-,23+/m0/s1. The number of nitrogens with one attached hydrogen (secondary N) is 2. The van der Waals surface area contributed by atoms with Gasteiger partial charge in [0.1, 0.15) is 11.8 Å². The Hall–Kier alpha value is -3.28. The van der Waals surface area contributed by atoms with E-state index in [1.165, 1.54) is 24.3 Å². The summed E-state index contributed by atoms with van der Waals surface area (Å²) >= 11 is 0. The lowest BCUT2D eigenvalue weighted by atomic mass is 9.84. The van der Waals surface area contributed by atoms with Gasteiger partial charge in [0.25, 0.3) is 0 Å². The number of carbonyl (C=O) groups is 2. The van der Waals surface area contributed by atoms with E-state index in [0.29, 0.717) is 36.4 Å². The average molecular weight is 570 g/mol. The van der Waals surface area contributed by atoms with Crippen molar-refractivity contribution in [2.75, 3.05) is 19.6 Å². The maximum absolute atomic E-state index is 13.5. The fourth-order valence-electron chi connectivity index (χ4n) is 5.73. The first-order valence-electron chi connectivity index (χ1n) is 13.2. The highest BCUT2D eigenvalue weighted by Crippen LogP contribution is 2.49. The molecule has 2 bridgehead atoms. The molecule has 40 heavy (non-hydrogen) atoms. The number of benzene rings is 2. The van der Waals surface area contributed by atoms with Crippen LogP contribution in [0.15, 0.2) is 48.5 Å². The summed E-state index contributed by atoms with van der Waals surface area (Å²) in [5, 5.41) is 5.85. The van der Waals surface area contributed by atoms with Crippen LogP contribution in [0.2, 0.25) is 0 Å². The molecule has 3 aliphatic heterocycles. The zero-order valence-corrected chi connectivity index (χ0v) is 21.4. The topological polar surface area (TPSA) is 70.7 Å². The van der Waals surface area contributed by atoms with Crippen molar-refractivity contribution in [3.05, 3.63) is 65.2 Å². The van der Waals surface area contributed by atoms with Gasteiger partial charge in [0.05, 0.1) is 11.0 Å². The van der Waals surface area contributed by atoms with Gasteiger partial charge in [-0.25, -0.2) is 0 Å². The molecule has 2 aromatic carbocycles. The van der Waals surface area contributed by atoms with E-state index in [9.17, 15) is 35.9 Å². The fourth-order valence-corrected chi connectivity index (χ4v) is 5.73. The van der Waals surface area contributed by atoms with Crippen LogP contribution in [0.25, 0.3) is 0 Å². The largest absolute Gasteiger partial charge is 0.573 e. The molecule has 2 amide bonds. The van der Waals surface area contributed by atoms with E-state index < -0.39 is 47.1 Å². The van der Waals surface area contributed by atoms with Gasteiger partial charge in [-0.3, -0.25) is 9.59 Å². The number of carbonyl (C=O) groups excluding carboxylic acids is 2. The third kappa shape index (κ3) is 6.37. The molecule has 0 unspecified atom stereocenters. The van der Waals surface area contributed by atoms with E-state index in [2.05, 4.69) is 20.3 Å². The van der Waals surface area contributed by atoms with Gasteiger partial charge in [-0.2, -0.15) is 13.2 Å². The highest BCUT2D eigenvalue weighted by molar-refractivity contribution is 5.95. The summed E-state index contributed by atoms with van der Waals surface area (Å²) in [6, 6.07) is 8.37. The highest BCUT2D eigenvalue weighted by atomic mass is 19.4. The fraction of sp³-hybridized carbons (Fsp3) is 0.500. The van der Waals surface area contributed by atoms with Crippen LogP contribution in [0.1, 0.15) is 42.4 Å². The predicted octanol–water partition coefficient (Wildman–Crippen LogP) is 4.57. The molecule has 3 heterocycles. The maximum atomic E-state index is 13.5. The summed E-state index contributed by atoms with van der Waals surface area (Å²) in [6.45, 7) is 2.64. The Kier molecular flexibility index (Phi) is 7.49. The second-order valence-electron chi connectivity index (χ2n) is 10.8. The van der Waals surface area contributed by atoms with E-state index in [1.807, 2.05) is 0 Å². The molecule has 4 fully saturated rings. The first kappa shape index (κ1) is 28.3. The van der Waals surface area contributed by atoms with E-state index >= 15 is 0 Å². The number of rotatable bonds is 8. The Labute approximate surface area is 227 Å². The minimum Gasteiger partial charge on any atom is -0.406 e. The van der Waals surface area contributed by atoms with Crippen LogP contribution in [0, 0.1) is 5.92 Å². The molecular weight excluding hydrogens is 540 g/mol. The average Bonchev–Trinajstić information content (AvgIpc) is 3.70. The van der Waals surface area contributed by atoms with Crippen molar-refractivity contribution >= 4 is 11.8 Å². The molecular formula is C28H29F6N3O3. The van der Waals surface area contributed by atoms with E-state index in [4.69, 9.17) is 0 Å². The zero-order chi connectivity index (χ0) is 28.7. The molecule has 1 saturated carbocycles. The van der Waals surface area contributed by atoms with E-state index in [0.717, 1.165) is 50.2 Å². The van der Waals surface area contributed by atoms with Crippen LogP contribution in [-0.2, 0) is 27.6 Å². The number of fused-ring (bicyclic) bond motifs is 3. The number of ether oxygens (including phenoxy) is 1. The normalized spacial score (nSPS) is 24.2. The van der Waals surface area contributed by atoms with Gasteiger partial charge < -0.3 is 20.3 Å². The van der Waals surface area contributed by atoms with Gasteiger partial charge in [0, 0.05) is 19.0 Å². The maximum Gasteiger partial charge on any atom is 0.573 e. The van der Waals surface area contributed by atoms with Gasteiger partial charge >= 0.3 is 12.5 Å². The Bertz CT molecular complexity index is 1220. The van der Waals surface area contributed by atoms with Crippen molar-refractivity contribution in [1.29, 1.82) is 0 Å². The molecule has 2 aromatic rings. The lowest BCUT2D eigenvalue weighted by molar-refractivity contribution is -0.274. The number of hydrogen-bond acceptors (Lipinski definition) is 4. The zero-order valence-electron chi connectivity index (χ0n) is 21.4. The highest BCUT2D eigenvalue weighted by Gasteiger charge is 2.52. The van der Waals surface area contributed by atoms with Crippen molar-refractivity contribution in [2.24, 2.45) is 5.92 Å². The number of halogens is 6. The third-order valence-electron chi connectivity index (χ3n) is 8.15. The van der Waals surface area contributed by atoms with Gasteiger partial charge in [-0.1, -0.05) is 24.3 Å². The quantitative estimate of drug-likeness (QED) is 0.457. The summed E-state index contributed by atoms with van der Waals surface area (Å²) in [6.07, 6.45) is -6.58. The lowest BCUT2D eigenvalue weighted by Gasteiger charge is -2.45. The van der Waals surface area contributed by atoms with Crippen molar-refractivity contribution in [3.8, 4) is 5.75 Å². The monoisotopic (exact) mass is 569 g/mol. The molecule has 216 valence electrons. The summed E-state index contributed by atoms with van der Waals surface area (Å²) in [5.74, 6) is -0.970. The van der Waals surface area contributed by atoms with Crippen molar-refractivity contribution in [2.45, 2.75) is 62.1 Å². The van der Waals surface area contributed by atoms with Gasteiger partial charge in [-0.15, -0.1) is 13.2 Å². The van der Waals surface area contributed by atoms with Crippen LogP contribution in [0.5, 0.6) is 5.75 Å². The third-order valence-corrected chi connectivity index (χ3v) is 8.15. The SMILES string of the molecule is O=C(N[C@@H]1C[N@]2CC[C@H]1CC2)[C@H](Cc1ccc(C(F)(F)F)cc1)NC(=O)C1(c2ccc(OC(F)(F)F)cc2)CC1. The van der Waals surface area contributed by atoms with Crippen LogP contribution in [0.3, 0.4) is 0 Å². The van der Waals surface area contributed by atoms with E-state index in [-0.39, 0.29) is 12.5 Å². The number of nitrogens with zero attached hydrogens (tertiary/aromatic N) is 1. The molecule has 0 radical (unpaired) electrons. The molecule has 0 aromatic heterocycles. The van der Waals surface area contributed by atoms with Crippen LogP contribution in [-0.4, -0.2) is 54.8 Å². The van der Waals surface area contributed by atoms with Crippen molar-refractivity contribution in [3.63, 3.8) is 0 Å². The number of hydrogen-bond donors (Lipinski definition) is 2. The molecule has 12 heteroatoms. The second-order valence-corrected chi connectivity index (χ2v) is 10.8. The number of piperidine rings is 3. The van der Waals surface area contributed by atoms with Crippen LogP contribution < -0.4 is 15.4 Å². The minimum absolute atomic E-state index is 0.0226. The molecule has 6 rings (SSSR count). The Morgan fingerprint density at radius 1 is 0.950 bits per heavy atom. The molecule has 3 saturated heterocycles. The summed E-state index contributed by atoms with van der Waals surface area (Å²) in [4.78, 5) is 29.2.